The fourth-order valence-electron chi connectivity index (χ4n) is 1.03. The molecule has 1 heterocycles. The maximum Gasteiger partial charge on any atom is 0.264 e. The predicted octanol–water partition coefficient (Wildman–Crippen LogP) is 3.17. The van der Waals surface area contributed by atoms with Crippen LogP contribution in [-0.4, -0.2) is 10.1 Å². The summed E-state index contributed by atoms with van der Waals surface area (Å²) in [5.74, 6) is 0. The van der Waals surface area contributed by atoms with Crippen LogP contribution in [0.5, 0.6) is 0 Å². The Kier molecular flexibility index (Phi) is 4.40. The summed E-state index contributed by atoms with van der Waals surface area (Å²) < 4.78 is 25.3. The summed E-state index contributed by atoms with van der Waals surface area (Å²) >= 11 is 6.17. The zero-order valence-electron chi connectivity index (χ0n) is 6.98. The molecule has 0 aliphatic rings. The van der Waals surface area contributed by atoms with E-state index in [9.17, 15) is 8.78 Å². The van der Waals surface area contributed by atoms with E-state index in [1.165, 1.54) is 6.07 Å². The summed E-state index contributed by atoms with van der Waals surface area (Å²) in [4.78, 5) is 3.98. The van der Waals surface area contributed by atoms with Gasteiger partial charge in [0.05, 0.1) is 12.3 Å². The first-order chi connectivity index (χ1) is 6.60. The van der Waals surface area contributed by atoms with Gasteiger partial charge in [0.1, 0.15) is 4.60 Å². The highest BCUT2D eigenvalue weighted by Gasteiger charge is 2.17. The molecule has 2 nitrogen and oxygen atoms in total. The second kappa shape index (κ2) is 5.14. The zero-order chi connectivity index (χ0) is 10.7. The first kappa shape index (κ1) is 12.0. The molecule has 0 aromatic carbocycles. The zero-order valence-corrected chi connectivity index (χ0v) is 10.1. The molecule has 0 unspecified atom stereocenters. The monoisotopic (exact) mass is 329 g/mol. The molecule has 0 aliphatic carbocycles. The maximum atomic E-state index is 12.5. The van der Waals surface area contributed by atoms with Crippen LogP contribution < -0.4 is 0 Å². The highest BCUT2D eigenvalue weighted by Crippen LogP contribution is 2.28. The van der Waals surface area contributed by atoms with E-state index in [-0.39, 0.29) is 15.7 Å². The molecule has 0 atom stereocenters. The topological polar surface area (TPSA) is 33.1 Å². The third-order valence-electron chi connectivity index (χ3n) is 1.69. The molecule has 0 bridgehead atoms. The molecule has 1 rings (SSSR count). The minimum atomic E-state index is -2.60. The van der Waals surface area contributed by atoms with Crippen molar-refractivity contribution in [3.63, 3.8) is 0 Å². The van der Waals surface area contributed by atoms with Gasteiger partial charge >= 0.3 is 0 Å². The summed E-state index contributed by atoms with van der Waals surface area (Å²) in [5.41, 5.74) is 0.470. The van der Waals surface area contributed by atoms with Crippen molar-refractivity contribution in [3.8, 4) is 0 Å². The molecule has 1 aromatic heterocycles. The second-order valence-corrected chi connectivity index (χ2v) is 3.88. The molecule has 0 radical (unpaired) electrons. The number of aliphatic hydroxyl groups is 1. The maximum absolute atomic E-state index is 12.5. The predicted molar refractivity (Wildman–Crippen MR) is 55.4 cm³/mol. The lowest BCUT2D eigenvalue weighted by Gasteiger charge is -2.09. The van der Waals surface area contributed by atoms with Crippen molar-refractivity contribution < 1.29 is 13.9 Å². The average molecular weight is 331 g/mol. The largest absolute Gasteiger partial charge is 0.392 e. The van der Waals surface area contributed by atoms with Crippen molar-refractivity contribution in [1.29, 1.82) is 0 Å². The Balaban J connectivity index is 3.28. The van der Waals surface area contributed by atoms with Gasteiger partial charge in [-0.3, -0.25) is 0 Å². The van der Waals surface area contributed by atoms with Gasteiger partial charge in [-0.2, -0.15) is 0 Å². The summed E-state index contributed by atoms with van der Waals surface area (Å²) in [7, 11) is 0. The normalized spacial score (nSPS) is 11.0. The van der Waals surface area contributed by atoms with Crippen LogP contribution >= 0.6 is 31.9 Å². The molecule has 14 heavy (non-hydrogen) atoms. The Hall–Kier alpha value is -0.0700. The number of nitrogens with zero attached hydrogens (tertiary/aromatic N) is 1. The van der Waals surface area contributed by atoms with Gasteiger partial charge in [-0.1, -0.05) is 15.9 Å². The lowest BCUT2D eigenvalue weighted by molar-refractivity contribution is 0.146. The lowest BCUT2D eigenvalue weighted by atomic mass is 10.1. The van der Waals surface area contributed by atoms with Crippen LogP contribution in [0.1, 0.15) is 23.2 Å². The first-order valence-electron chi connectivity index (χ1n) is 3.73. The number of hydrogen-bond donors (Lipinski definition) is 1. The number of hydrogen-bond acceptors (Lipinski definition) is 2. The van der Waals surface area contributed by atoms with E-state index >= 15 is 0 Å². The van der Waals surface area contributed by atoms with Crippen LogP contribution in [0.15, 0.2) is 10.7 Å². The van der Waals surface area contributed by atoms with Gasteiger partial charge in [0, 0.05) is 16.5 Å². The van der Waals surface area contributed by atoms with E-state index in [0.717, 1.165) is 0 Å². The van der Waals surface area contributed by atoms with Gasteiger partial charge in [0.15, 0.2) is 0 Å². The molecule has 1 aromatic rings. The molecule has 0 spiro atoms. The van der Waals surface area contributed by atoms with Crippen molar-refractivity contribution in [2.45, 2.75) is 18.4 Å². The highest BCUT2D eigenvalue weighted by molar-refractivity contribution is 9.10. The van der Waals surface area contributed by atoms with Crippen molar-refractivity contribution >= 4 is 31.9 Å². The molecular weight excluding hydrogens is 324 g/mol. The molecule has 0 fully saturated rings. The number of pyridine rings is 1. The molecule has 1 N–H and O–H groups in total. The van der Waals surface area contributed by atoms with Crippen LogP contribution in [0, 0.1) is 0 Å². The summed E-state index contributed by atoms with van der Waals surface area (Å²) in [5, 5.41) is 9.30. The van der Waals surface area contributed by atoms with Gasteiger partial charge in [0.2, 0.25) is 0 Å². The van der Waals surface area contributed by atoms with Crippen molar-refractivity contribution in [2.24, 2.45) is 0 Å². The summed E-state index contributed by atoms with van der Waals surface area (Å²) in [6.07, 6.45) is -2.60. The Morgan fingerprint density at radius 3 is 2.57 bits per heavy atom. The highest BCUT2D eigenvalue weighted by atomic mass is 79.9. The quantitative estimate of drug-likeness (QED) is 0.682. The first-order valence-corrected chi connectivity index (χ1v) is 5.64. The van der Waals surface area contributed by atoms with E-state index in [4.69, 9.17) is 5.11 Å². The third-order valence-corrected chi connectivity index (χ3v) is 2.92. The number of aromatic nitrogens is 1. The third kappa shape index (κ3) is 2.49. The van der Waals surface area contributed by atoms with E-state index in [2.05, 4.69) is 36.8 Å². The van der Waals surface area contributed by atoms with Crippen molar-refractivity contribution in [3.05, 3.63) is 27.5 Å². The fourth-order valence-corrected chi connectivity index (χ4v) is 1.90. The van der Waals surface area contributed by atoms with Gasteiger partial charge < -0.3 is 5.11 Å². The van der Waals surface area contributed by atoms with Crippen LogP contribution in [0.25, 0.3) is 0 Å². The number of alkyl halides is 3. The summed E-state index contributed by atoms with van der Waals surface area (Å²) in [6, 6.07) is 1.29. The van der Waals surface area contributed by atoms with Gasteiger partial charge in [-0.25, -0.2) is 13.8 Å². The van der Waals surface area contributed by atoms with Crippen LogP contribution in [0.2, 0.25) is 0 Å². The molecule has 0 saturated carbocycles. The smallest absolute Gasteiger partial charge is 0.264 e. The van der Waals surface area contributed by atoms with E-state index in [0.29, 0.717) is 11.0 Å². The van der Waals surface area contributed by atoms with Gasteiger partial charge in [-0.15, -0.1) is 0 Å². The number of halogens is 4. The SMILES string of the molecule is OCc1c(C(F)F)cc(CBr)nc1Br. The summed E-state index contributed by atoms with van der Waals surface area (Å²) in [6.45, 7) is -0.449. The number of rotatable bonds is 3. The minimum Gasteiger partial charge on any atom is -0.392 e. The molecule has 78 valence electrons. The van der Waals surface area contributed by atoms with Gasteiger partial charge in [-0.05, 0) is 22.0 Å². The second-order valence-electron chi connectivity index (χ2n) is 2.56. The van der Waals surface area contributed by atoms with E-state index in [1.54, 1.807) is 0 Å². The lowest BCUT2D eigenvalue weighted by Crippen LogP contribution is -2.01. The molecular formula is C8H7Br2F2NO. The Morgan fingerprint density at radius 2 is 2.14 bits per heavy atom. The Labute approximate surface area is 96.6 Å². The van der Waals surface area contributed by atoms with Crippen molar-refractivity contribution in [2.75, 3.05) is 0 Å². The van der Waals surface area contributed by atoms with E-state index < -0.39 is 13.0 Å². The van der Waals surface area contributed by atoms with Crippen LogP contribution in [0.3, 0.4) is 0 Å². The Morgan fingerprint density at radius 1 is 1.50 bits per heavy atom. The van der Waals surface area contributed by atoms with Crippen LogP contribution in [-0.2, 0) is 11.9 Å². The molecule has 0 saturated heterocycles. The molecule has 0 amide bonds. The number of aliphatic hydroxyl groups excluding tert-OH is 1. The van der Waals surface area contributed by atoms with E-state index in [1.807, 2.05) is 0 Å². The van der Waals surface area contributed by atoms with Crippen molar-refractivity contribution in [1.82, 2.24) is 4.98 Å². The molecule has 0 aliphatic heterocycles. The standard InChI is InChI=1S/C8H7Br2F2NO/c9-2-4-1-5(8(11)12)6(3-14)7(10)13-4/h1,8,14H,2-3H2. The fraction of sp³-hybridized carbons (Fsp3) is 0.375. The average Bonchev–Trinajstić information content (AvgIpc) is 2.16. The molecule has 6 heteroatoms. The minimum absolute atomic E-state index is 0.143. The van der Waals surface area contributed by atoms with Crippen LogP contribution in [0.4, 0.5) is 8.78 Å². The van der Waals surface area contributed by atoms with Gasteiger partial charge in [0.25, 0.3) is 6.43 Å². The Bertz CT molecular complexity index is 333.